The topological polar surface area (TPSA) is 149 Å². The van der Waals surface area contributed by atoms with E-state index < -0.39 is 27.5 Å². The Morgan fingerprint density at radius 1 is 1.26 bits per heavy atom. The van der Waals surface area contributed by atoms with Crippen molar-refractivity contribution < 1.29 is 22.7 Å². The second kappa shape index (κ2) is 10.7. The van der Waals surface area contributed by atoms with Crippen LogP contribution in [0.5, 0.6) is 0 Å². The molecule has 3 heterocycles. The third-order valence-corrected chi connectivity index (χ3v) is 8.57. The fraction of sp³-hybridized carbons (Fsp3) is 0.462. The monoisotopic (exact) mass is 542 g/mol. The van der Waals surface area contributed by atoms with Crippen molar-refractivity contribution in [3.8, 4) is 17.5 Å². The number of aromatic nitrogens is 3. The van der Waals surface area contributed by atoms with Gasteiger partial charge in [-0.2, -0.15) is 10.4 Å². The normalized spacial score (nSPS) is 19.1. The highest BCUT2D eigenvalue weighted by molar-refractivity contribution is 7.91. The smallest absolute Gasteiger partial charge is 0.255 e. The molecule has 1 aliphatic carbocycles. The number of sulfone groups is 1. The molecule has 3 N–H and O–H groups in total. The molecule has 4 rings (SSSR count). The SMILES string of the molecule is CC(C)(O)[C@H](F)CNC(=O)c1cnc(-c2ccc3cc(C#N)cnn23)cc1NC1CCC(S(C)(=O)=O)CC1. The average Bonchev–Trinajstić information content (AvgIpc) is 3.29. The van der Waals surface area contributed by atoms with Crippen LogP contribution >= 0.6 is 0 Å². The number of aliphatic hydroxyl groups is 1. The van der Waals surface area contributed by atoms with Crippen LogP contribution in [0.1, 0.15) is 55.5 Å². The molecule has 10 nitrogen and oxygen atoms in total. The summed E-state index contributed by atoms with van der Waals surface area (Å²) in [5.74, 6) is -0.555. The molecule has 0 bridgehead atoms. The molecule has 1 aliphatic rings. The number of carbonyl (C=O) groups is 1. The molecule has 1 fully saturated rings. The molecular formula is C26H31FN6O4S. The molecular weight excluding hydrogens is 511 g/mol. The molecule has 12 heteroatoms. The highest BCUT2D eigenvalue weighted by atomic mass is 32.2. The van der Waals surface area contributed by atoms with Crippen molar-refractivity contribution in [3.05, 3.63) is 47.8 Å². The number of rotatable bonds is 8. The van der Waals surface area contributed by atoms with Crippen molar-refractivity contribution in [1.82, 2.24) is 19.9 Å². The van der Waals surface area contributed by atoms with E-state index in [4.69, 9.17) is 5.26 Å². The van der Waals surface area contributed by atoms with Crippen LogP contribution in [0.25, 0.3) is 16.9 Å². The summed E-state index contributed by atoms with van der Waals surface area (Å²) in [5, 5.41) is 28.9. The number of alkyl halides is 1. The molecule has 0 aliphatic heterocycles. The van der Waals surface area contributed by atoms with Crippen LogP contribution < -0.4 is 10.6 Å². The number of pyridine rings is 1. The number of hydrogen-bond donors (Lipinski definition) is 3. The van der Waals surface area contributed by atoms with Crippen molar-refractivity contribution >= 4 is 26.9 Å². The predicted molar refractivity (Wildman–Crippen MR) is 141 cm³/mol. The number of carbonyl (C=O) groups excluding carboxylic acids is 1. The highest BCUT2D eigenvalue weighted by Crippen LogP contribution is 2.30. The predicted octanol–water partition coefficient (Wildman–Crippen LogP) is 2.87. The molecule has 0 spiro atoms. The van der Waals surface area contributed by atoms with Crippen LogP contribution in [0.15, 0.2) is 36.7 Å². The van der Waals surface area contributed by atoms with E-state index >= 15 is 0 Å². The van der Waals surface area contributed by atoms with Crippen LogP contribution in [-0.2, 0) is 9.84 Å². The van der Waals surface area contributed by atoms with Crippen LogP contribution in [0.2, 0.25) is 0 Å². The van der Waals surface area contributed by atoms with Gasteiger partial charge in [-0.25, -0.2) is 17.3 Å². The van der Waals surface area contributed by atoms with Crippen molar-refractivity contribution in [1.29, 1.82) is 5.26 Å². The molecule has 1 atom stereocenters. The largest absolute Gasteiger partial charge is 0.387 e. The zero-order valence-corrected chi connectivity index (χ0v) is 22.3. The maximum Gasteiger partial charge on any atom is 0.255 e. The molecule has 1 amide bonds. The van der Waals surface area contributed by atoms with Crippen LogP contribution in [0.3, 0.4) is 0 Å². The summed E-state index contributed by atoms with van der Waals surface area (Å²) in [5.41, 5.74) is 1.35. The first kappa shape index (κ1) is 27.5. The summed E-state index contributed by atoms with van der Waals surface area (Å²) in [6.07, 6.45) is 4.67. The lowest BCUT2D eigenvalue weighted by Gasteiger charge is -2.29. The van der Waals surface area contributed by atoms with Gasteiger partial charge in [0.1, 0.15) is 22.1 Å². The minimum Gasteiger partial charge on any atom is -0.387 e. The zero-order chi connectivity index (χ0) is 27.7. The average molecular weight is 543 g/mol. The van der Waals surface area contributed by atoms with Crippen molar-refractivity contribution in [2.24, 2.45) is 0 Å². The molecule has 3 aromatic heterocycles. The Morgan fingerprint density at radius 2 is 1.97 bits per heavy atom. The lowest BCUT2D eigenvalue weighted by molar-refractivity contribution is -0.00177. The summed E-state index contributed by atoms with van der Waals surface area (Å²) in [6, 6.07) is 9.02. The van der Waals surface area contributed by atoms with E-state index in [-0.39, 0.29) is 23.4 Å². The minimum atomic E-state index is -3.12. The molecule has 3 aromatic rings. The van der Waals surface area contributed by atoms with Gasteiger partial charge in [0.15, 0.2) is 0 Å². The Labute approximate surface area is 220 Å². The van der Waals surface area contributed by atoms with Gasteiger partial charge in [-0.15, -0.1) is 0 Å². The fourth-order valence-electron chi connectivity index (χ4n) is 4.53. The van der Waals surface area contributed by atoms with Crippen molar-refractivity contribution in [2.45, 2.75) is 62.6 Å². The summed E-state index contributed by atoms with van der Waals surface area (Å²) in [4.78, 5) is 17.5. The minimum absolute atomic E-state index is 0.0690. The molecule has 0 saturated heterocycles. The molecule has 202 valence electrons. The van der Waals surface area contributed by atoms with E-state index in [0.717, 1.165) is 0 Å². The van der Waals surface area contributed by atoms with Crippen LogP contribution in [0.4, 0.5) is 10.1 Å². The summed E-state index contributed by atoms with van der Waals surface area (Å²) >= 11 is 0. The van der Waals surface area contributed by atoms with E-state index in [1.165, 1.54) is 32.5 Å². The van der Waals surface area contributed by atoms with Gasteiger partial charge in [0, 0.05) is 18.5 Å². The Morgan fingerprint density at radius 3 is 2.61 bits per heavy atom. The van der Waals surface area contributed by atoms with Gasteiger partial charge >= 0.3 is 0 Å². The number of fused-ring (bicyclic) bond motifs is 1. The lowest BCUT2D eigenvalue weighted by Crippen LogP contribution is -2.42. The number of anilines is 1. The van der Waals surface area contributed by atoms with Gasteiger partial charge in [-0.3, -0.25) is 9.78 Å². The van der Waals surface area contributed by atoms with Crippen molar-refractivity contribution in [2.75, 3.05) is 18.1 Å². The third kappa shape index (κ3) is 6.11. The maximum atomic E-state index is 14.3. The first-order valence-corrected chi connectivity index (χ1v) is 14.3. The standard InChI is InChI=1S/C26H31FN6O4S/c1-26(2,35)24(27)15-30-25(34)20-14-29-22(23-9-6-18-10-16(12-28)13-31-33(18)23)11-21(20)32-17-4-7-19(8-5-17)38(3,36)37/h6,9-11,13-14,17,19,24,35H,4-5,7-8,15H2,1-3H3,(H,29,32)(H,30,34)/t17?,19?,24-/m1/s1. The third-order valence-electron chi connectivity index (χ3n) is 6.89. The Hall–Kier alpha value is -3.56. The lowest BCUT2D eigenvalue weighted by atomic mass is 9.94. The maximum absolute atomic E-state index is 14.3. The van der Waals surface area contributed by atoms with E-state index in [2.05, 4.69) is 26.8 Å². The number of nitrogens with one attached hydrogen (secondary N) is 2. The zero-order valence-electron chi connectivity index (χ0n) is 21.5. The molecule has 1 saturated carbocycles. The van der Waals surface area contributed by atoms with E-state index in [9.17, 15) is 22.7 Å². The molecule has 0 unspecified atom stereocenters. The van der Waals surface area contributed by atoms with Gasteiger partial charge < -0.3 is 15.7 Å². The Bertz CT molecular complexity index is 1480. The van der Waals surface area contributed by atoms with E-state index in [1.807, 2.05) is 12.1 Å². The fourth-order valence-corrected chi connectivity index (χ4v) is 5.66. The number of amides is 1. The Balaban J connectivity index is 1.64. The molecule has 38 heavy (non-hydrogen) atoms. The van der Waals surface area contributed by atoms with E-state index in [1.54, 1.807) is 16.6 Å². The summed E-state index contributed by atoms with van der Waals surface area (Å²) in [7, 11) is -3.12. The van der Waals surface area contributed by atoms with Gasteiger partial charge in [-0.1, -0.05) is 0 Å². The van der Waals surface area contributed by atoms with Crippen LogP contribution in [-0.4, -0.2) is 69.9 Å². The number of nitriles is 1. The number of hydrogen-bond acceptors (Lipinski definition) is 8. The molecule has 0 radical (unpaired) electrons. The number of nitrogens with zero attached hydrogens (tertiary/aromatic N) is 4. The quantitative estimate of drug-likeness (QED) is 0.393. The van der Waals surface area contributed by atoms with Crippen molar-refractivity contribution in [3.63, 3.8) is 0 Å². The van der Waals surface area contributed by atoms with E-state index in [0.29, 0.717) is 53.8 Å². The second-order valence-corrected chi connectivity index (χ2v) is 12.6. The highest BCUT2D eigenvalue weighted by Gasteiger charge is 2.30. The van der Waals surface area contributed by atoms with Gasteiger partial charge in [0.2, 0.25) is 0 Å². The van der Waals surface area contributed by atoms with Gasteiger partial charge in [0.05, 0.1) is 57.3 Å². The first-order chi connectivity index (χ1) is 17.9. The number of halogens is 1. The Kier molecular flexibility index (Phi) is 7.71. The molecule has 0 aromatic carbocycles. The van der Waals surface area contributed by atoms with Gasteiger partial charge in [0.25, 0.3) is 5.91 Å². The van der Waals surface area contributed by atoms with Gasteiger partial charge in [-0.05, 0) is 63.8 Å². The first-order valence-electron chi connectivity index (χ1n) is 12.3. The second-order valence-electron chi connectivity index (χ2n) is 10.3. The van der Waals surface area contributed by atoms with Crippen LogP contribution in [0, 0.1) is 11.3 Å². The summed E-state index contributed by atoms with van der Waals surface area (Å²) in [6.45, 7) is 2.28. The summed E-state index contributed by atoms with van der Waals surface area (Å²) < 4.78 is 39.8.